The van der Waals surface area contributed by atoms with Gasteiger partial charge in [-0.2, -0.15) is 0 Å². The molecule has 1 unspecified atom stereocenters. The van der Waals surface area contributed by atoms with Crippen molar-refractivity contribution in [3.63, 3.8) is 0 Å². The molecule has 4 nitrogen and oxygen atoms in total. The fourth-order valence-electron chi connectivity index (χ4n) is 1.24. The van der Waals surface area contributed by atoms with Crippen LogP contribution in [0.25, 0.3) is 0 Å². The lowest BCUT2D eigenvalue weighted by molar-refractivity contribution is 0.414. The first-order chi connectivity index (χ1) is 7.50. The van der Waals surface area contributed by atoms with E-state index < -0.39 is 0 Å². The number of halogens is 1. The lowest BCUT2D eigenvalue weighted by Gasteiger charge is -2.17. The van der Waals surface area contributed by atoms with Gasteiger partial charge in [0.15, 0.2) is 0 Å². The highest BCUT2D eigenvalue weighted by atomic mass is 35.5. The fourth-order valence-corrected chi connectivity index (χ4v) is 1.40. The van der Waals surface area contributed by atoms with E-state index in [4.69, 9.17) is 11.6 Å². The van der Waals surface area contributed by atoms with Gasteiger partial charge in [-0.15, -0.1) is 0 Å². The SMILES string of the molecule is CC(C)C(C)NCCn1cc(Cl)cnc1=O. The van der Waals surface area contributed by atoms with Crippen molar-refractivity contribution < 1.29 is 0 Å². The van der Waals surface area contributed by atoms with Crippen LogP contribution in [0.3, 0.4) is 0 Å². The molecule has 0 amide bonds. The Kier molecular flexibility index (Phi) is 4.96. The number of nitrogens with one attached hydrogen (secondary N) is 1. The molecule has 1 aromatic rings. The third-order valence-electron chi connectivity index (χ3n) is 2.64. The molecule has 0 radical (unpaired) electrons. The predicted molar refractivity (Wildman–Crippen MR) is 65.8 cm³/mol. The van der Waals surface area contributed by atoms with Crippen LogP contribution in [0.4, 0.5) is 0 Å². The third-order valence-corrected chi connectivity index (χ3v) is 2.84. The van der Waals surface area contributed by atoms with E-state index >= 15 is 0 Å². The van der Waals surface area contributed by atoms with E-state index in [1.165, 1.54) is 10.8 Å². The quantitative estimate of drug-likeness (QED) is 0.853. The number of rotatable bonds is 5. The third kappa shape index (κ3) is 3.94. The minimum atomic E-state index is -0.261. The van der Waals surface area contributed by atoms with Gasteiger partial charge >= 0.3 is 5.69 Å². The maximum Gasteiger partial charge on any atom is 0.347 e. The fraction of sp³-hybridized carbons (Fsp3) is 0.636. The Hall–Kier alpha value is -0.870. The van der Waals surface area contributed by atoms with Crippen molar-refractivity contribution in [3.05, 3.63) is 27.9 Å². The molecule has 1 aromatic heterocycles. The van der Waals surface area contributed by atoms with Gasteiger partial charge < -0.3 is 5.32 Å². The van der Waals surface area contributed by atoms with Crippen molar-refractivity contribution >= 4 is 11.6 Å². The van der Waals surface area contributed by atoms with Gasteiger partial charge in [0.1, 0.15) is 0 Å². The van der Waals surface area contributed by atoms with E-state index in [1.807, 2.05) is 0 Å². The molecule has 1 atom stereocenters. The van der Waals surface area contributed by atoms with Crippen LogP contribution in [0.15, 0.2) is 17.2 Å². The van der Waals surface area contributed by atoms with Gasteiger partial charge in [-0.05, 0) is 12.8 Å². The molecule has 0 saturated heterocycles. The summed E-state index contributed by atoms with van der Waals surface area (Å²) in [5.74, 6) is 0.578. The first-order valence-electron chi connectivity index (χ1n) is 5.46. The Bertz CT molecular complexity index is 389. The average Bonchev–Trinajstić information content (AvgIpc) is 2.22. The number of hydrogen-bond donors (Lipinski definition) is 1. The molecule has 0 aliphatic rings. The summed E-state index contributed by atoms with van der Waals surface area (Å²) in [5.41, 5.74) is -0.261. The van der Waals surface area contributed by atoms with Gasteiger partial charge in [0.05, 0.1) is 11.2 Å². The molecular weight excluding hydrogens is 226 g/mol. The highest BCUT2D eigenvalue weighted by molar-refractivity contribution is 6.30. The molecular formula is C11H18ClN3O. The largest absolute Gasteiger partial charge is 0.347 e. The Balaban J connectivity index is 2.49. The van der Waals surface area contributed by atoms with Crippen LogP contribution in [0, 0.1) is 5.92 Å². The minimum Gasteiger partial charge on any atom is -0.312 e. The number of aromatic nitrogens is 2. The van der Waals surface area contributed by atoms with Gasteiger partial charge in [0, 0.05) is 25.3 Å². The molecule has 0 aromatic carbocycles. The van der Waals surface area contributed by atoms with Crippen molar-refractivity contribution in [1.29, 1.82) is 0 Å². The van der Waals surface area contributed by atoms with Crippen molar-refractivity contribution in [2.24, 2.45) is 5.92 Å². The van der Waals surface area contributed by atoms with Crippen LogP contribution in [0.5, 0.6) is 0 Å². The number of hydrogen-bond acceptors (Lipinski definition) is 3. The Morgan fingerprint density at radius 2 is 2.19 bits per heavy atom. The topological polar surface area (TPSA) is 46.9 Å². The molecule has 0 fully saturated rings. The second kappa shape index (κ2) is 6.01. The van der Waals surface area contributed by atoms with Crippen LogP contribution in [0.2, 0.25) is 5.02 Å². The summed E-state index contributed by atoms with van der Waals surface area (Å²) in [6.07, 6.45) is 2.98. The zero-order chi connectivity index (χ0) is 12.1. The molecule has 0 aliphatic carbocycles. The molecule has 0 spiro atoms. The lowest BCUT2D eigenvalue weighted by Crippen LogP contribution is -2.35. The van der Waals surface area contributed by atoms with E-state index in [0.717, 1.165) is 6.54 Å². The molecule has 1 heterocycles. The van der Waals surface area contributed by atoms with E-state index in [0.29, 0.717) is 23.5 Å². The van der Waals surface area contributed by atoms with Gasteiger partial charge in [-0.1, -0.05) is 25.4 Å². The van der Waals surface area contributed by atoms with Crippen molar-refractivity contribution in [2.75, 3.05) is 6.54 Å². The Morgan fingerprint density at radius 3 is 2.81 bits per heavy atom. The van der Waals surface area contributed by atoms with Gasteiger partial charge in [-0.3, -0.25) is 4.57 Å². The van der Waals surface area contributed by atoms with E-state index in [9.17, 15) is 4.79 Å². The average molecular weight is 244 g/mol. The van der Waals surface area contributed by atoms with Crippen LogP contribution in [-0.4, -0.2) is 22.1 Å². The van der Waals surface area contributed by atoms with E-state index in [1.54, 1.807) is 6.20 Å². The van der Waals surface area contributed by atoms with Crippen LogP contribution < -0.4 is 11.0 Å². The molecule has 1 N–H and O–H groups in total. The van der Waals surface area contributed by atoms with Crippen LogP contribution >= 0.6 is 11.6 Å². The van der Waals surface area contributed by atoms with Gasteiger partial charge in [0.25, 0.3) is 0 Å². The summed E-state index contributed by atoms with van der Waals surface area (Å²) in [5, 5.41) is 3.83. The van der Waals surface area contributed by atoms with Crippen molar-refractivity contribution in [1.82, 2.24) is 14.9 Å². The summed E-state index contributed by atoms with van der Waals surface area (Å²) in [7, 11) is 0. The Morgan fingerprint density at radius 1 is 1.50 bits per heavy atom. The molecule has 5 heteroatoms. The molecule has 16 heavy (non-hydrogen) atoms. The maximum absolute atomic E-state index is 11.3. The van der Waals surface area contributed by atoms with Crippen molar-refractivity contribution in [2.45, 2.75) is 33.4 Å². The molecule has 0 aliphatic heterocycles. The van der Waals surface area contributed by atoms with E-state index in [2.05, 4.69) is 31.1 Å². The highest BCUT2D eigenvalue weighted by Crippen LogP contribution is 2.01. The summed E-state index contributed by atoms with van der Waals surface area (Å²) < 4.78 is 1.52. The Labute approximate surface area is 101 Å². The molecule has 0 bridgehead atoms. The molecule has 0 saturated carbocycles. The molecule has 1 rings (SSSR count). The monoisotopic (exact) mass is 243 g/mol. The smallest absolute Gasteiger partial charge is 0.312 e. The summed E-state index contributed by atoms with van der Waals surface area (Å²) in [4.78, 5) is 15.0. The minimum absolute atomic E-state index is 0.261. The van der Waals surface area contributed by atoms with E-state index in [-0.39, 0.29) is 5.69 Å². The maximum atomic E-state index is 11.3. The zero-order valence-electron chi connectivity index (χ0n) is 9.90. The first kappa shape index (κ1) is 13.2. The summed E-state index contributed by atoms with van der Waals surface area (Å²) in [6, 6.07) is 0.433. The van der Waals surface area contributed by atoms with Crippen LogP contribution in [-0.2, 0) is 6.54 Å². The predicted octanol–water partition coefficient (Wildman–Crippen LogP) is 1.53. The zero-order valence-corrected chi connectivity index (χ0v) is 10.7. The molecule has 90 valence electrons. The second-order valence-electron chi connectivity index (χ2n) is 4.23. The normalized spacial score (nSPS) is 13.1. The summed E-state index contributed by atoms with van der Waals surface area (Å²) in [6.45, 7) is 7.77. The first-order valence-corrected chi connectivity index (χ1v) is 5.84. The summed E-state index contributed by atoms with van der Waals surface area (Å²) >= 11 is 5.77. The van der Waals surface area contributed by atoms with Crippen molar-refractivity contribution in [3.8, 4) is 0 Å². The lowest BCUT2D eigenvalue weighted by atomic mass is 10.1. The highest BCUT2D eigenvalue weighted by Gasteiger charge is 2.05. The van der Waals surface area contributed by atoms with Gasteiger partial charge in [-0.25, -0.2) is 9.78 Å². The van der Waals surface area contributed by atoms with Crippen LogP contribution in [0.1, 0.15) is 20.8 Å². The standard InChI is InChI=1S/C11H18ClN3O/c1-8(2)9(3)13-4-5-15-7-10(12)6-14-11(15)16/h6-9,13H,4-5H2,1-3H3. The number of nitrogens with zero attached hydrogens (tertiary/aromatic N) is 2. The van der Waals surface area contributed by atoms with Gasteiger partial charge in [0.2, 0.25) is 0 Å². The second-order valence-corrected chi connectivity index (χ2v) is 4.67.